The van der Waals surface area contributed by atoms with Gasteiger partial charge in [0.05, 0.1) is 11.3 Å². The van der Waals surface area contributed by atoms with Crippen LogP contribution in [0.15, 0.2) is 18.2 Å². The van der Waals surface area contributed by atoms with Gasteiger partial charge in [0.1, 0.15) is 0 Å². The number of benzene rings is 1. The first-order valence-corrected chi connectivity index (χ1v) is 7.25. The maximum atomic E-state index is 12.1. The first-order chi connectivity index (χ1) is 9.81. The number of rotatable bonds is 6. The smallest absolute Gasteiger partial charge is 0.255 e. The highest BCUT2D eigenvalue weighted by atomic mass is 35.5. The molecule has 0 saturated carbocycles. The summed E-state index contributed by atoms with van der Waals surface area (Å²) >= 11 is 5.94. The molecular weight excluding hydrogens is 290 g/mol. The zero-order chi connectivity index (χ0) is 16.0. The van der Waals surface area contributed by atoms with Crippen LogP contribution in [0.4, 0.5) is 5.69 Å². The highest BCUT2D eigenvalue weighted by molar-refractivity contribution is 6.31. The third-order valence-corrected chi connectivity index (χ3v) is 3.19. The Hall–Kier alpha value is -1.59. The Balaban J connectivity index is 2.79. The Morgan fingerprint density at radius 1 is 1.38 bits per heavy atom. The molecule has 1 atom stereocenters. The lowest BCUT2D eigenvalue weighted by Gasteiger charge is -2.15. The number of nitrogens with one attached hydrogen (secondary N) is 1. The van der Waals surface area contributed by atoms with Crippen molar-refractivity contribution in [2.45, 2.75) is 32.2 Å². The van der Waals surface area contributed by atoms with Crippen molar-refractivity contribution in [1.82, 2.24) is 4.90 Å². The Kier molecular flexibility index (Phi) is 6.65. The van der Waals surface area contributed by atoms with Crippen LogP contribution in [-0.2, 0) is 4.79 Å². The number of hydrogen-bond donors (Lipinski definition) is 2. The average molecular weight is 312 g/mol. The number of nitrogens with two attached hydrogens (primary N) is 1. The van der Waals surface area contributed by atoms with E-state index in [1.807, 2.05) is 6.92 Å². The lowest BCUT2D eigenvalue weighted by atomic mass is 10.1. The van der Waals surface area contributed by atoms with Crippen LogP contribution < -0.4 is 11.1 Å². The van der Waals surface area contributed by atoms with Crippen LogP contribution in [0.5, 0.6) is 0 Å². The molecule has 0 aliphatic heterocycles. The van der Waals surface area contributed by atoms with Gasteiger partial charge in [-0.15, -0.1) is 0 Å². The van der Waals surface area contributed by atoms with Crippen LogP contribution in [0, 0.1) is 0 Å². The van der Waals surface area contributed by atoms with Gasteiger partial charge in [0.15, 0.2) is 0 Å². The van der Waals surface area contributed by atoms with Gasteiger partial charge < -0.3 is 16.0 Å². The zero-order valence-corrected chi connectivity index (χ0v) is 13.4. The average Bonchev–Trinajstić information content (AvgIpc) is 2.37. The van der Waals surface area contributed by atoms with Crippen LogP contribution in [-0.4, -0.2) is 36.9 Å². The minimum absolute atomic E-state index is 0.0786. The van der Waals surface area contributed by atoms with Gasteiger partial charge in [0.25, 0.3) is 5.91 Å². The molecule has 3 N–H and O–H groups in total. The highest BCUT2D eigenvalue weighted by Crippen LogP contribution is 2.22. The minimum Gasteiger partial charge on any atom is -0.345 e. The molecule has 0 aromatic heterocycles. The topological polar surface area (TPSA) is 75.4 Å². The molecule has 0 bridgehead atoms. The molecule has 0 aliphatic carbocycles. The van der Waals surface area contributed by atoms with Crippen molar-refractivity contribution < 1.29 is 9.59 Å². The second kappa shape index (κ2) is 8.00. The van der Waals surface area contributed by atoms with Crippen LogP contribution in [0.25, 0.3) is 0 Å². The molecular formula is C15H22ClN3O2. The first-order valence-electron chi connectivity index (χ1n) is 6.88. The van der Waals surface area contributed by atoms with Gasteiger partial charge in [-0.25, -0.2) is 0 Å². The van der Waals surface area contributed by atoms with Crippen molar-refractivity contribution in [1.29, 1.82) is 0 Å². The molecule has 2 amide bonds. The monoisotopic (exact) mass is 311 g/mol. The Morgan fingerprint density at radius 2 is 2.05 bits per heavy atom. The predicted molar refractivity (Wildman–Crippen MR) is 85.6 cm³/mol. The maximum Gasteiger partial charge on any atom is 0.255 e. The molecule has 1 rings (SSSR count). The quantitative estimate of drug-likeness (QED) is 0.847. The molecule has 0 heterocycles. The fourth-order valence-corrected chi connectivity index (χ4v) is 2.02. The van der Waals surface area contributed by atoms with Gasteiger partial charge in [-0.1, -0.05) is 11.6 Å². The number of anilines is 1. The van der Waals surface area contributed by atoms with Gasteiger partial charge in [0.2, 0.25) is 5.91 Å². The van der Waals surface area contributed by atoms with E-state index >= 15 is 0 Å². The predicted octanol–water partition coefficient (Wildman–Crippen LogP) is 2.50. The van der Waals surface area contributed by atoms with E-state index in [9.17, 15) is 9.59 Å². The molecule has 5 nitrogen and oxygen atoms in total. The van der Waals surface area contributed by atoms with Crippen LogP contribution >= 0.6 is 11.6 Å². The number of hydrogen-bond acceptors (Lipinski definition) is 3. The second-order valence-electron chi connectivity index (χ2n) is 5.31. The molecule has 21 heavy (non-hydrogen) atoms. The van der Waals surface area contributed by atoms with E-state index in [1.54, 1.807) is 32.3 Å². The van der Waals surface area contributed by atoms with Gasteiger partial charge in [-0.05, 0) is 38.0 Å². The number of halogens is 1. The van der Waals surface area contributed by atoms with Gasteiger partial charge >= 0.3 is 0 Å². The Morgan fingerprint density at radius 3 is 2.62 bits per heavy atom. The number of carbonyl (C=O) groups excluding carboxylic acids is 2. The third-order valence-electron chi connectivity index (χ3n) is 2.96. The molecule has 1 aromatic carbocycles. The summed E-state index contributed by atoms with van der Waals surface area (Å²) in [4.78, 5) is 25.5. The van der Waals surface area contributed by atoms with E-state index in [4.69, 9.17) is 17.3 Å². The van der Waals surface area contributed by atoms with Gasteiger partial charge in [0, 0.05) is 31.6 Å². The number of carbonyl (C=O) groups is 2. The standard InChI is InChI=1S/C15H22ClN3O2/c1-10(17)5-4-6-14(20)18-13-9-11(16)7-8-12(13)15(21)19(2)3/h7-10H,4-6,17H2,1-3H3,(H,18,20). The lowest BCUT2D eigenvalue weighted by molar-refractivity contribution is -0.116. The highest BCUT2D eigenvalue weighted by Gasteiger charge is 2.15. The van der Waals surface area contributed by atoms with Crippen molar-refractivity contribution in [3.63, 3.8) is 0 Å². The molecule has 6 heteroatoms. The Labute approximate surface area is 130 Å². The fourth-order valence-electron chi connectivity index (χ4n) is 1.84. The third kappa shape index (κ3) is 5.73. The largest absolute Gasteiger partial charge is 0.345 e. The zero-order valence-electron chi connectivity index (χ0n) is 12.6. The molecule has 0 radical (unpaired) electrons. The van der Waals surface area contributed by atoms with Gasteiger partial charge in [-0.3, -0.25) is 9.59 Å². The maximum absolute atomic E-state index is 12.1. The van der Waals surface area contributed by atoms with E-state index in [-0.39, 0.29) is 17.9 Å². The summed E-state index contributed by atoms with van der Waals surface area (Å²) in [6.07, 6.45) is 1.86. The van der Waals surface area contributed by atoms with Crippen molar-refractivity contribution in [3.05, 3.63) is 28.8 Å². The van der Waals surface area contributed by atoms with E-state index in [0.29, 0.717) is 29.1 Å². The molecule has 0 spiro atoms. The summed E-state index contributed by atoms with van der Waals surface area (Å²) in [5.74, 6) is -0.330. The van der Waals surface area contributed by atoms with Crippen molar-refractivity contribution >= 4 is 29.1 Å². The van der Waals surface area contributed by atoms with Crippen molar-refractivity contribution in [2.75, 3.05) is 19.4 Å². The minimum atomic E-state index is -0.183. The molecule has 1 aromatic rings. The van der Waals surface area contributed by atoms with Crippen LogP contribution in [0.3, 0.4) is 0 Å². The molecule has 116 valence electrons. The number of nitrogens with zero attached hydrogens (tertiary/aromatic N) is 1. The summed E-state index contributed by atoms with van der Waals surface area (Å²) < 4.78 is 0. The van der Waals surface area contributed by atoms with Crippen molar-refractivity contribution in [2.24, 2.45) is 5.73 Å². The summed E-state index contributed by atoms with van der Waals surface area (Å²) in [6.45, 7) is 1.91. The van der Waals surface area contributed by atoms with E-state index in [0.717, 1.165) is 6.42 Å². The number of amides is 2. The van der Waals surface area contributed by atoms with Gasteiger partial charge in [-0.2, -0.15) is 0 Å². The summed E-state index contributed by atoms with van der Waals surface area (Å²) in [5, 5.41) is 3.22. The molecule has 0 aliphatic rings. The fraction of sp³-hybridized carbons (Fsp3) is 0.467. The van der Waals surface area contributed by atoms with Crippen LogP contribution in [0.1, 0.15) is 36.5 Å². The Bertz CT molecular complexity index is 516. The summed E-state index contributed by atoms with van der Waals surface area (Å²) in [6, 6.07) is 4.91. The summed E-state index contributed by atoms with van der Waals surface area (Å²) in [5.41, 5.74) is 6.51. The van der Waals surface area contributed by atoms with E-state index < -0.39 is 0 Å². The van der Waals surface area contributed by atoms with Crippen LogP contribution in [0.2, 0.25) is 5.02 Å². The molecule has 0 fully saturated rings. The summed E-state index contributed by atoms with van der Waals surface area (Å²) in [7, 11) is 3.32. The normalized spacial score (nSPS) is 11.9. The van der Waals surface area contributed by atoms with E-state index in [1.165, 1.54) is 4.90 Å². The molecule has 1 unspecified atom stereocenters. The van der Waals surface area contributed by atoms with Crippen molar-refractivity contribution in [3.8, 4) is 0 Å². The SMILES string of the molecule is CC(N)CCCC(=O)Nc1cc(Cl)ccc1C(=O)N(C)C. The lowest BCUT2D eigenvalue weighted by Crippen LogP contribution is -2.24. The van der Waals surface area contributed by atoms with E-state index in [2.05, 4.69) is 5.32 Å². The first kappa shape index (κ1) is 17.5. The second-order valence-corrected chi connectivity index (χ2v) is 5.74. The molecule has 0 saturated heterocycles.